The van der Waals surface area contributed by atoms with Gasteiger partial charge >= 0.3 is 0 Å². The first-order valence-electron chi connectivity index (χ1n) is 5.15. The highest BCUT2D eigenvalue weighted by molar-refractivity contribution is 5.36. The molecule has 0 fully saturated rings. The van der Waals surface area contributed by atoms with Crippen LogP contribution in [0.1, 0.15) is 32.4 Å². The minimum absolute atomic E-state index is 0.482. The Kier molecular flexibility index (Phi) is 9.60. The SMILES string of the molecule is CCCCOC=O.CCc1cnccn1. The summed E-state index contributed by atoms with van der Waals surface area (Å²) in [5.41, 5.74) is 1.05. The summed E-state index contributed by atoms with van der Waals surface area (Å²) in [6, 6.07) is 0. The summed E-state index contributed by atoms with van der Waals surface area (Å²) in [7, 11) is 0. The van der Waals surface area contributed by atoms with Gasteiger partial charge in [-0.3, -0.25) is 14.8 Å². The second-order valence-electron chi connectivity index (χ2n) is 2.87. The molecule has 84 valence electrons. The number of aromatic nitrogens is 2. The second-order valence-corrected chi connectivity index (χ2v) is 2.87. The Morgan fingerprint density at radius 2 is 2.20 bits per heavy atom. The van der Waals surface area contributed by atoms with E-state index in [4.69, 9.17) is 0 Å². The van der Waals surface area contributed by atoms with Crippen LogP contribution in [0.4, 0.5) is 0 Å². The number of hydrogen-bond acceptors (Lipinski definition) is 4. The van der Waals surface area contributed by atoms with Crippen molar-refractivity contribution in [2.24, 2.45) is 0 Å². The fraction of sp³-hybridized carbons (Fsp3) is 0.545. The quantitative estimate of drug-likeness (QED) is 0.551. The van der Waals surface area contributed by atoms with Crippen molar-refractivity contribution >= 4 is 6.47 Å². The van der Waals surface area contributed by atoms with Gasteiger partial charge in [-0.15, -0.1) is 0 Å². The van der Waals surface area contributed by atoms with Crippen molar-refractivity contribution in [2.45, 2.75) is 33.1 Å². The maximum Gasteiger partial charge on any atom is 0.293 e. The fourth-order valence-corrected chi connectivity index (χ4v) is 0.788. The van der Waals surface area contributed by atoms with Gasteiger partial charge in [-0.25, -0.2) is 0 Å². The largest absolute Gasteiger partial charge is 0.468 e. The van der Waals surface area contributed by atoms with Crippen molar-refractivity contribution < 1.29 is 9.53 Å². The average Bonchev–Trinajstić information content (AvgIpc) is 2.32. The average molecular weight is 210 g/mol. The third-order valence-corrected chi connectivity index (χ3v) is 1.66. The van der Waals surface area contributed by atoms with E-state index >= 15 is 0 Å². The van der Waals surface area contributed by atoms with Crippen LogP contribution < -0.4 is 0 Å². The second kappa shape index (κ2) is 10.6. The molecule has 0 aliphatic rings. The number of carbonyl (C=O) groups is 1. The van der Waals surface area contributed by atoms with Gasteiger partial charge in [-0.2, -0.15) is 0 Å². The Morgan fingerprint density at radius 3 is 2.60 bits per heavy atom. The highest BCUT2D eigenvalue weighted by atomic mass is 16.5. The highest BCUT2D eigenvalue weighted by Gasteiger charge is 1.82. The number of rotatable bonds is 5. The Morgan fingerprint density at radius 1 is 1.40 bits per heavy atom. The molecule has 0 radical (unpaired) electrons. The first kappa shape index (κ1) is 13.5. The molecule has 0 spiro atoms. The zero-order chi connectivity index (χ0) is 11.4. The number of carbonyl (C=O) groups excluding carboxylic acids is 1. The van der Waals surface area contributed by atoms with Crippen molar-refractivity contribution in [3.8, 4) is 0 Å². The minimum atomic E-state index is 0.482. The molecule has 0 saturated carbocycles. The summed E-state index contributed by atoms with van der Waals surface area (Å²) in [5, 5.41) is 0. The minimum Gasteiger partial charge on any atom is -0.468 e. The molecule has 15 heavy (non-hydrogen) atoms. The van der Waals surface area contributed by atoms with E-state index in [0.29, 0.717) is 13.1 Å². The van der Waals surface area contributed by atoms with E-state index in [9.17, 15) is 4.79 Å². The molecule has 1 rings (SSSR count). The van der Waals surface area contributed by atoms with Gasteiger partial charge in [-0.05, 0) is 12.8 Å². The zero-order valence-corrected chi connectivity index (χ0v) is 9.35. The summed E-state index contributed by atoms with van der Waals surface area (Å²) in [6.07, 6.45) is 8.18. The summed E-state index contributed by atoms with van der Waals surface area (Å²) >= 11 is 0. The smallest absolute Gasteiger partial charge is 0.293 e. The molecule has 1 aromatic heterocycles. The van der Waals surface area contributed by atoms with Crippen LogP contribution >= 0.6 is 0 Å². The molecule has 0 N–H and O–H groups in total. The normalized spacial score (nSPS) is 8.67. The van der Waals surface area contributed by atoms with Gasteiger partial charge in [0, 0.05) is 18.6 Å². The summed E-state index contributed by atoms with van der Waals surface area (Å²) < 4.78 is 4.39. The van der Waals surface area contributed by atoms with E-state index in [1.807, 2.05) is 6.92 Å². The topological polar surface area (TPSA) is 52.1 Å². The Labute approximate surface area is 90.7 Å². The summed E-state index contributed by atoms with van der Waals surface area (Å²) in [4.78, 5) is 17.4. The fourth-order valence-electron chi connectivity index (χ4n) is 0.788. The van der Waals surface area contributed by atoms with E-state index in [1.165, 1.54) is 0 Å². The van der Waals surface area contributed by atoms with Crippen LogP contribution in [0.3, 0.4) is 0 Å². The first-order valence-corrected chi connectivity index (χ1v) is 5.15. The number of ether oxygens (including phenoxy) is 1. The van der Waals surface area contributed by atoms with Crippen LogP contribution in [0.2, 0.25) is 0 Å². The molecule has 0 saturated heterocycles. The van der Waals surface area contributed by atoms with Gasteiger partial charge < -0.3 is 4.74 Å². The molecule has 0 bridgehead atoms. The van der Waals surface area contributed by atoms with Gasteiger partial charge in [0.25, 0.3) is 6.47 Å². The number of aryl methyl sites for hydroxylation is 1. The van der Waals surface area contributed by atoms with Crippen LogP contribution in [0, 0.1) is 0 Å². The molecule has 0 amide bonds. The number of unbranched alkanes of at least 4 members (excludes halogenated alkanes) is 1. The molecule has 0 aliphatic carbocycles. The van der Waals surface area contributed by atoms with Crippen LogP contribution in [-0.2, 0) is 16.0 Å². The van der Waals surface area contributed by atoms with E-state index in [-0.39, 0.29) is 0 Å². The molecule has 0 unspecified atom stereocenters. The predicted molar refractivity (Wildman–Crippen MR) is 58.3 cm³/mol. The third kappa shape index (κ3) is 8.87. The van der Waals surface area contributed by atoms with E-state index in [0.717, 1.165) is 25.0 Å². The number of nitrogens with zero attached hydrogens (tertiary/aromatic N) is 2. The first-order chi connectivity index (χ1) is 7.35. The lowest BCUT2D eigenvalue weighted by Crippen LogP contribution is -1.88. The molecule has 0 aromatic carbocycles. The van der Waals surface area contributed by atoms with Crippen molar-refractivity contribution in [1.29, 1.82) is 0 Å². The molecule has 0 atom stereocenters. The monoisotopic (exact) mass is 210 g/mol. The summed E-state index contributed by atoms with van der Waals surface area (Å²) in [5.74, 6) is 0. The van der Waals surface area contributed by atoms with E-state index in [2.05, 4.69) is 21.6 Å². The van der Waals surface area contributed by atoms with Crippen LogP contribution in [0.5, 0.6) is 0 Å². The van der Waals surface area contributed by atoms with Gasteiger partial charge in [0.05, 0.1) is 12.3 Å². The standard InChI is InChI=1S/C6H8N2.C5H10O2/c1-2-6-5-7-3-4-8-6;1-2-3-4-7-5-6/h3-5H,2H2,1H3;5H,2-4H2,1H3. The summed E-state index contributed by atoms with van der Waals surface area (Å²) in [6.45, 7) is 5.16. The molecule has 0 aliphatic heterocycles. The molecule has 4 nitrogen and oxygen atoms in total. The van der Waals surface area contributed by atoms with Gasteiger partial charge in [0.15, 0.2) is 0 Å². The van der Waals surface area contributed by atoms with Gasteiger partial charge in [0.1, 0.15) is 0 Å². The lowest BCUT2D eigenvalue weighted by Gasteiger charge is -1.90. The van der Waals surface area contributed by atoms with Crippen molar-refractivity contribution in [3.63, 3.8) is 0 Å². The Balaban J connectivity index is 0.000000265. The maximum atomic E-state index is 9.46. The van der Waals surface area contributed by atoms with Crippen LogP contribution in [0.25, 0.3) is 0 Å². The Bertz CT molecular complexity index is 240. The lowest BCUT2D eigenvalue weighted by atomic mass is 10.4. The van der Waals surface area contributed by atoms with Crippen molar-refractivity contribution in [2.75, 3.05) is 6.61 Å². The predicted octanol–water partition coefficient (Wildman–Crippen LogP) is 2.00. The Hall–Kier alpha value is -1.45. The highest BCUT2D eigenvalue weighted by Crippen LogP contribution is 1.87. The van der Waals surface area contributed by atoms with Crippen molar-refractivity contribution in [3.05, 3.63) is 24.3 Å². The van der Waals surface area contributed by atoms with Crippen LogP contribution in [0.15, 0.2) is 18.6 Å². The van der Waals surface area contributed by atoms with Gasteiger partial charge in [0.2, 0.25) is 0 Å². The molecule has 1 aromatic rings. The van der Waals surface area contributed by atoms with Gasteiger partial charge in [-0.1, -0.05) is 20.3 Å². The molecule has 1 heterocycles. The van der Waals surface area contributed by atoms with Crippen LogP contribution in [-0.4, -0.2) is 23.0 Å². The third-order valence-electron chi connectivity index (χ3n) is 1.66. The van der Waals surface area contributed by atoms with E-state index < -0.39 is 0 Å². The molecular formula is C11H18N2O2. The van der Waals surface area contributed by atoms with E-state index in [1.54, 1.807) is 18.6 Å². The zero-order valence-electron chi connectivity index (χ0n) is 9.35. The number of hydrogen-bond donors (Lipinski definition) is 0. The lowest BCUT2D eigenvalue weighted by molar-refractivity contribution is -0.128. The molecule has 4 heteroatoms. The molecular weight excluding hydrogens is 192 g/mol. The maximum absolute atomic E-state index is 9.46. The van der Waals surface area contributed by atoms with Crippen molar-refractivity contribution in [1.82, 2.24) is 9.97 Å².